The van der Waals surface area contributed by atoms with Crippen LogP contribution >= 0.6 is 0 Å². The van der Waals surface area contributed by atoms with Gasteiger partial charge in [0.25, 0.3) is 0 Å². The quantitative estimate of drug-likeness (QED) is 0.784. The summed E-state index contributed by atoms with van der Waals surface area (Å²) >= 11 is 0. The van der Waals surface area contributed by atoms with Gasteiger partial charge in [0.1, 0.15) is 5.69 Å². The number of hydrogen-bond acceptors (Lipinski definition) is 5. The van der Waals surface area contributed by atoms with E-state index in [0.717, 1.165) is 6.42 Å². The Morgan fingerprint density at radius 1 is 1.29 bits per heavy atom. The number of aryl methyl sites for hydroxylation is 1. The first-order valence-corrected chi connectivity index (χ1v) is 5.89. The third-order valence-corrected chi connectivity index (χ3v) is 2.83. The molecule has 1 aromatic rings. The number of aromatic nitrogens is 2. The number of hydrogen-bond donors (Lipinski definition) is 2. The highest BCUT2D eigenvalue weighted by atomic mass is 15.1. The molecule has 5 nitrogen and oxygen atoms in total. The number of anilines is 2. The minimum absolute atomic E-state index is 0.190. The van der Waals surface area contributed by atoms with Crippen LogP contribution in [0.15, 0.2) is 4.99 Å². The van der Waals surface area contributed by atoms with Crippen LogP contribution in [0, 0.1) is 18.8 Å². The van der Waals surface area contributed by atoms with E-state index in [1.807, 2.05) is 13.1 Å². The van der Waals surface area contributed by atoms with Gasteiger partial charge in [-0.15, -0.1) is 0 Å². The van der Waals surface area contributed by atoms with Crippen molar-refractivity contribution in [3.05, 3.63) is 5.69 Å². The molecule has 1 heterocycles. The van der Waals surface area contributed by atoms with Gasteiger partial charge in [0, 0.05) is 6.21 Å². The van der Waals surface area contributed by atoms with Crippen LogP contribution in [0.2, 0.25) is 0 Å². The molecule has 0 spiro atoms. The Balaban J connectivity index is 2.99. The molecule has 4 N–H and O–H groups in total. The first-order chi connectivity index (χ1) is 7.95. The summed E-state index contributed by atoms with van der Waals surface area (Å²) in [5.41, 5.74) is 12.6. The molecule has 1 aromatic heterocycles. The van der Waals surface area contributed by atoms with E-state index >= 15 is 0 Å². The molecule has 1 atom stereocenters. The van der Waals surface area contributed by atoms with E-state index in [0.29, 0.717) is 29.0 Å². The number of rotatable bonds is 4. The summed E-state index contributed by atoms with van der Waals surface area (Å²) in [6.45, 7) is 8.33. The molecular weight excluding hydrogens is 214 g/mol. The number of aliphatic imine (C=N–C) groups is 1. The third kappa shape index (κ3) is 3.41. The van der Waals surface area contributed by atoms with Gasteiger partial charge in [0.05, 0.1) is 5.69 Å². The summed E-state index contributed by atoms with van der Waals surface area (Å²) in [4.78, 5) is 12.4. The second-order valence-corrected chi connectivity index (χ2v) is 4.50. The molecule has 1 unspecified atom stereocenters. The third-order valence-electron chi connectivity index (χ3n) is 2.83. The van der Waals surface area contributed by atoms with Gasteiger partial charge in [-0.2, -0.15) is 4.98 Å². The lowest BCUT2D eigenvalue weighted by molar-refractivity contribution is 0.489. The van der Waals surface area contributed by atoms with Gasteiger partial charge in [-0.3, -0.25) is 4.99 Å². The molecule has 1 rings (SSSR count). The fourth-order valence-electron chi connectivity index (χ4n) is 1.69. The second kappa shape index (κ2) is 5.61. The Bertz CT molecular complexity index is 388. The van der Waals surface area contributed by atoms with Crippen molar-refractivity contribution in [2.75, 3.05) is 11.5 Å². The predicted octanol–water partition coefficient (Wildman–Crippen LogP) is 2.33. The van der Waals surface area contributed by atoms with Crippen molar-refractivity contribution >= 4 is 23.7 Å². The van der Waals surface area contributed by atoms with E-state index in [9.17, 15) is 0 Å². The Morgan fingerprint density at radius 3 is 2.41 bits per heavy atom. The molecule has 0 aliphatic carbocycles. The zero-order chi connectivity index (χ0) is 13.0. The Kier molecular flexibility index (Phi) is 4.43. The van der Waals surface area contributed by atoms with E-state index in [4.69, 9.17) is 11.5 Å². The SMILES string of the molecule is CCC(/C=N\c1c(C)nc(N)nc1N)C(C)C. The standard InChI is InChI=1S/C12H21N5/c1-5-9(7(2)3)6-15-10-8(4)16-12(14)17-11(10)13/h6-7,9H,5H2,1-4H3,(H4,13,14,16,17)/b15-6-. The number of nitrogen functional groups attached to an aromatic ring is 2. The van der Waals surface area contributed by atoms with Crippen molar-refractivity contribution in [3.8, 4) is 0 Å². The molecule has 0 amide bonds. The maximum absolute atomic E-state index is 5.78. The molecule has 0 fully saturated rings. The van der Waals surface area contributed by atoms with Crippen LogP contribution in [0.5, 0.6) is 0 Å². The Labute approximate surface area is 102 Å². The molecular formula is C12H21N5. The molecule has 17 heavy (non-hydrogen) atoms. The van der Waals surface area contributed by atoms with E-state index in [1.165, 1.54) is 0 Å². The van der Waals surface area contributed by atoms with Gasteiger partial charge in [-0.25, -0.2) is 4.98 Å². The summed E-state index contributed by atoms with van der Waals surface area (Å²) in [6, 6.07) is 0. The van der Waals surface area contributed by atoms with Crippen LogP contribution in [0.25, 0.3) is 0 Å². The largest absolute Gasteiger partial charge is 0.382 e. The van der Waals surface area contributed by atoms with E-state index in [1.54, 1.807) is 0 Å². The molecule has 0 saturated carbocycles. The highest BCUT2D eigenvalue weighted by Gasteiger charge is 2.10. The van der Waals surface area contributed by atoms with Gasteiger partial charge in [-0.05, 0) is 25.2 Å². The van der Waals surface area contributed by atoms with Gasteiger partial charge < -0.3 is 11.5 Å². The molecule has 0 aliphatic heterocycles. The van der Waals surface area contributed by atoms with E-state index in [-0.39, 0.29) is 5.95 Å². The van der Waals surface area contributed by atoms with Crippen molar-refractivity contribution in [2.24, 2.45) is 16.8 Å². The zero-order valence-corrected chi connectivity index (χ0v) is 10.9. The van der Waals surface area contributed by atoms with Gasteiger partial charge >= 0.3 is 0 Å². The minimum Gasteiger partial charge on any atom is -0.382 e. The average molecular weight is 235 g/mol. The Morgan fingerprint density at radius 2 is 1.94 bits per heavy atom. The van der Waals surface area contributed by atoms with Crippen LogP contribution in [-0.2, 0) is 0 Å². The summed E-state index contributed by atoms with van der Waals surface area (Å²) in [7, 11) is 0. The highest BCUT2D eigenvalue weighted by molar-refractivity contribution is 5.72. The fourth-order valence-corrected chi connectivity index (χ4v) is 1.69. The fraction of sp³-hybridized carbons (Fsp3) is 0.583. The molecule has 0 radical (unpaired) electrons. The number of nitrogens with two attached hydrogens (primary N) is 2. The predicted molar refractivity (Wildman–Crippen MR) is 72.4 cm³/mol. The lowest BCUT2D eigenvalue weighted by Crippen LogP contribution is -2.09. The first-order valence-electron chi connectivity index (χ1n) is 5.89. The molecule has 5 heteroatoms. The van der Waals surface area contributed by atoms with Crippen molar-refractivity contribution in [1.29, 1.82) is 0 Å². The van der Waals surface area contributed by atoms with Gasteiger partial charge in [-0.1, -0.05) is 20.8 Å². The van der Waals surface area contributed by atoms with Gasteiger partial charge in [0.15, 0.2) is 5.82 Å². The normalized spacial score (nSPS) is 13.5. The monoisotopic (exact) mass is 235 g/mol. The molecule has 0 bridgehead atoms. The smallest absolute Gasteiger partial charge is 0.222 e. The van der Waals surface area contributed by atoms with Crippen LogP contribution < -0.4 is 11.5 Å². The van der Waals surface area contributed by atoms with Gasteiger partial charge in [0.2, 0.25) is 5.95 Å². The van der Waals surface area contributed by atoms with Crippen molar-refractivity contribution < 1.29 is 0 Å². The lowest BCUT2D eigenvalue weighted by atomic mass is 9.95. The van der Waals surface area contributed by atoms with Crippen LogP contribution in [-0.4, -0.2) is 16.2 Å². The first kappa shape index (κ1) is 13.4. The summed E-state index contributed by atoms with van der Waals surface area (Å²) in [5.74, 6) is 1.52. The van der Waals surface area contributed by atoms with E-state index in [2.05, 4.69) is 35.7 Å². The topological polar surface area (TPSA) is 90.2 Å². The van der Waals surface area contributed by atoms with Crippen LogP contribution in [0.4, 0.5) is 17.5 Å². The molecule has 0 aliphatic rings. The van der Waals surface area contributed by atoms with Crippen molar-refractivity contribution in [2.45, 2.75) is 34.1 Å². The maximum Gasteiger partial charge on any atom is 0.222 e. The lowest BCUT2D eigenvalue weighted by Gasteiger charge is -2.13. The molecule has 94 valence electrons. The van der Waals surface area contributed by atoms with Crippen LogP contribution in [0.1, 0.15) is 32.9 Å². The van der Waals surface area contributed by atoms with E-state index < -0.39 is 0 Å². The summed E-state index contributed by atoms with van der Waals surface area (Å²) in [6.07, 6.45) is 2.98. The second-order valence-electron chi connectivity index (χ2n) is 4.50. The minimum atomic E-state index is 0.190. The Hall–Kier alpha value is -1.65. The summed E-state index contributed by atoms with van der Waals surface area (Å²) < 4.78 is 0. The van der Waals surface area contributed by atoms with Crippen molar-refractivity contribution in [3.63, 3.8) is 0 Å². The van der Waals surface area contributed by atoms with Crippen molar-refractivity contribution in [1.82, 2.24) is 9.97 Å². The van der Waals surface area contributed by atoms with Crippen LogP contribution in [0.3, 0.4) is 0 Å². The average Bonchev–Trinajstić information content (AvgIpc) is 2.21. The number of nitrogens with zero attached hydrogens (tertiary/aromatic N) is 3. The maximum atomic E-state index is 5.78. The highest BCUT2D eigenvalue weighted by Crippen LogP contribution is 2.24. The molecule has 0 aromatic carbocycles. The summed E-state index contributed by atoms with van der Waals surface area (Å²) in [5, 5.41) is 0. The molecule has 0 saturated heterocycles. The zero-order valence-electron chi connectivity index (χ0n) is 10.9.